The second kappa shape index (κ2) is 7.27. The van der Waals surface area contributed by atoms with Gasteiger partial charge in [-0.3, -0.25) is 4.98 Å². The zero-order valence-corrected chi connectivity index (χ0v) is 12.5. The van der Waals surface area contributed by atoms with Gasteiger partial charge in [0.1, 0.15) is 5.75 Å². The predicted molar refractivity (Wildman–Crippen MR) is 82.4 cm³/mol. The summed E-state index contributed by atoms with van der Waals surface area (Å²) in [6.45, 7) is 3.04. The van der Waals surface area contributed by atoms with Gasteiger partial charge < -0.3 is 10.1 Å². The topological polar surface area (TPSA) is 34.2 Å². The lowest BCUT2D eigenvalue weighted by Gasteiger charge is -2.22. The Bertz CT molecular complexity index is 560. The van der Waals surface area contributed by atoms with Crippen molar-refractivity contribution in [3.63, 3.8) is 0 Å². The lowest BCUT2D eigenvalue weighted by Crippen LogP contribution is -2.24. The Hall–Kier alpha value is -1.58. The first-order valence-electron chi connectivity index (χ1n) is 6.73. The molecule has 0 bridgehead atoms. The largest absolute Gasteiger partial charge is 0.496 e. The van der Waals surface area contributed by atoms with Gasteiger partial charge in [-0.2, -0.15) is 0 Å². The van der Waals surface area contributed by atoms with Crippen molar-refractivity contribution >= 4 is 11.6 Å². The molecule has 1 heterocycles. The summed E-state index contributed by atoms with van der Waals surface area (Å²) in [5, 5.41) is 4.18. The molecule has 0 saturated heterocycles. The number of halogens is 1. The van der Waals surface area contributed by atoms with Crippen LogP contribution in [0.5, 0.6) is 5.75 Å². The zero-order chi connectivity index (χ0) is 14.4. The highest BCUT2D eigenvalue weighted by atomic mass is 35.5. The lowest BCUT2D eigenvalue weighted by molar-refractivity contribution is 0.404. The number of nitrogens with zero attached hydrogens (tertiary/aromatic N) is 1. The van der Waals surface area contributed by atoms with E-state index in [2.05, 4.69) is 23.3 Å². The Morgan fingerprint density at radius 3 is 2.75 bits per heavy atom. The third kappa shape index (κ3) is 3.30. The molecule has 1 aromatic carbocycles. The molecule has 0 fully saturated rings. The Balaban J connectivity index is 2.44. The van der Waals surface area contributed by atoms with Crippen LogP contribution in [0.2, 0.25) is 5.02 Å². The van der Waals surface area contributed by atoms with Gasteiger partial charge in [0.05, 0.1) is 18.2 Å². The third-order valence-corrected chi connectivity index (χ3v) is 3.48. The van der Waals surface area contributed by atoms with Gasteiger partial charge in [-0.1, -0.05) is 36.7 Å². The number of methoxy groups -OCH3 is 1. The van der Waals surface area contributed by atoms with Gasteiger partial charge in [-0.25, -0.2) is 0 Å². The van der Waals surface area contributed by atoms with Crippen LogP contribution in [0.3, 0.4) is 0 Å². The van der Waals surface area contributed by atoms with E-state index in [4.69, 9.17) is 16.3 Å². The highest BCUT2D eigenvalue weighted by Gasteiger charge is 2.19. The first-order valence-corrected chi connectivity index (χ1v) is 7.11. The van der Waals surface area contributed by atoms with E-state index in [0.717, 1.165) is 29.8 Å². The van der Waals surface area contributed by atoms with Crippen molar-refractivity contribution < 1.29 is 4.74 Å². The highest BCUT2D eigenvalue weighted by Crippen LogP contribution is 2.32. The smallest absolute Gasteiger partial charge is 0.123 e. The molecule has 0 radical (unpaired) electrons. The quantitative estimate of drug-likeness (QED) is 0.878. The lowest BCUT2D eigenvalue weighted by atomic mass is 9.98. The van der Waals surface area contributed by atoms with Crippen LogP contribution >= 0.6 is 11.6 Å². The maximum atomic E-state index is 6.30. The van der Waals surface area contributed by atoms with E-state index in [1.54, 1.807) is 19.5 Å². The number of ether oxygens (including phenoxy) is 1. The van der Waals surface area contributed by atoms with Crippen molar-refractivity contribution in [2.24, 2.45) is 0 Å². The van der Waals surface area contributed by atoms with Gasteiger partial charge in [0.2, 0.25) is 0 Å². The number of hydrogen-bond donors (Lipinski definition) is 1. The molecule has 0 aliphatic carbocycles. The molecule has 0 aliphatic heterocycles. The van der Waals surface area contributed by atoms with Crippen LogP contribution in [0.25, 0.3) is 0 Å². The summed E-state index contributed by atoms with van der Waals surface area (Å²) >= 11 is 6.30. The summed E-state index contributed by atoms with van der Waals surface area (Å²) in [7, 11) is 1.68. The Morgan fingerprint density at radius 1 is 1.25 bits per heavy atom. The Morgan fingerprint density at radius 2 is 2.05 bits per heavy atom. The van der Waals surface area contributed by atoms with Gasteiger partial charge in [-0.15, -0.1) is 0 Å². The van der Waals surface area contributed by atoms with E-state index >= 15 is 0 Å². The molecule has 20 heavy (non-hydrogen) atoms. The fourth-order valence-corrected chi connectivity index (χ4v) is 2.43. The van der Waals surface area contributed by atoms with Crippen molar-refractivity contribution in [1.82, 2.24) is 10.3 Å². The predicted octanol–water partition coefficient (Wildman–Crippen LogP) is 3.83. The van der Waals surface area contributed by atoms with Crippen LogP contribution in [0.15, 0.2) is 42.7 Å². The second-order valence-electron chi connectivity index (χ2n) is 4.53. The summed E-state index contributed by atoms with van der Waals surface area (Å²) < 4.78 is 5.47. The first-order chi connectivity index (χ1) is 9.77. The zero-order valence-electron chi connectivity index (χ0n) is 11.8. The van der Waals surface area contributed by atoms with E-state index in [0.29, 0.717) is 5.02 Å². The number of rotatable bonds is 6. The van der Waals surface area contributed by atoms with E-state index in [1.165, 1.54) is 0 Å². The van der Waals surface area contributed by atoms with Crippen LogP contribution in [0, 0.1) is 0 Å². The molecule has 2 aromatic rings. The molecule has 1 unspecified atom stereocenters. The minimum absolute atomic E-state index is 0.00148. The average Bonchev–Trinajstić information content (AvgIpc) is 2.49. The minimum Gasteiger partial charge on any atom is -0.496 e. The number of hydrogen-bond acceptors (Lipinski definition) is 3. The van der Waals surface area contributed by atoms with Crippen LogP contribution in [-0.4, -0.2) is 18.6 Å². The Labute approximate surface area is 124 Å². The molecule has 1 N–H and O–H groups in total. The second-order valence-corrected chi connectivity index (χ2v) is 4.93. The summed E-state index contributed by atoms with van der Waals surface area (Å²) in [5.74, 6) is 0.856. The van der Waals surface area contributed by atoms with Crippen LogP contribution < -0.4 is 10.1 Å². The SMILES string of the molecule is CCCNC(c1ccncc1Cl)c1ccccc1OC. The molecule has 0 spiro atoms. The molecule has 106 valence electrons. The van der Waals surface area contributed by atoms with Gasteiger partial charge in [0.15, 0.2) is 0 Å². The molecule has 1 aromatic heterocycles. The molecule has 1 atom stereocenters. The maximum Gasteiger partial charge on any atom is 0.123 e. The van der Waals surface area contributed by atoms with E-state index in [-0.39, 0.29) is 6.04 Å². The monoisotopic (exact) mass is 290 g/mol. The molecule has 3 nitrogen and oxygen atoms in total. The normalized spacial score (nSPS) is 12.2. The van der Waals surface area contributed by atoms with Crippen molar-refractivity contribution in [3.05, 3.63) is 58.9 Å². The Kier molecular flexibility index (Phi) is 5.39. The van der Waals surface area contributed by atoms with Crippen molar-refractivity contribution in [3.8, 4) is 5.75 Å². The molecule has 4 heteroatoms. The van der Waals surface area contributed by atoms with Crippen LogP contribution in [-0.2, 0) is 0 Å². The number of pyridine rings is 1. The van der Waals surface area contributed by atoms with Gasteiger partial charge in [0, 0.05) is 18.0 Å². The maximum absolute atomic E-state index is 6.30. The highest BCUT2D eigenvalue weighted by molar-refractivity contribution is 6.31. The van der Waals surface area contributed by atoms with Crippen molar-refractivity contribution in [2.75, 3.05) is 13.7 Å². The fraction of sp³-hybridized carbons (Fsp3) is 0.312. The van der Waals surface area contributed by atoms with Gasteiger partial charge >= 0.3 is 0 Å². The molecule has 0 amide bonds. The van der Waals surface area contributed by atoms with Crippen molar-refractivity contribution in [2.45, 2.75) is 19.4 Å². The number of nitrogens with one attached hydrogen (secondary N) is 1. The average molecular weight is 291 g/mol. The standard InChI is InChI=1S/C16H19ClN2O/c1-3-9-19-16(12-8-10-18-11-14(12)17)13-6-4-5-7-15(13)20-2/h4-8,10-11,16,19H,3,9H2,1-2H3. The van der Waals surface area contributed by atoms with Gasteiger partial charge in [0.25, 0.3) is 0 Å². The number of aromatic nitrogens is 1. The van der Waals surface area contributed by atoms with Crippen molar-refractivity contribution in [1.29, 1.82) is 0 Å². The summed E-state index contributed by atoms with van der Waals surface area (Å²) in [6, 6.07) is 9.94. The molecular formula is C16H19ClN2O. The summed E-state index contributed by atoms with van der Waals surface area (Å²) in [5.41, 5.74) is 2.09. The fourth-order valence-electron chi connectivity index (χ4n) is 2.20. The number of para-hydroxylation sites is 1. The third-order valence-electron chi connectivity index (χ3n) is 3.16. The van der Waals surface area contributed by atoms with Gasteiger partial charge in [-0.05, 0) is 30.7 Å². The minimum atomic E-state index is 0.00148. The summed E-state index contributed by atoms with van der Waals surface area (Å²) in [6.07, 6.45) is 4.48. The van der Waals surface area contributed by atoms with E-state index < -0.39 is 0 Å². The molecular weight excluding hydrogens is 272 g/mol. The summed E-state index contributed by atoms with van der Waals surface area (Å²) in [4.78, 5) is 4.05. The van der Waals surface area contributed by atoms with Crippen LogP contribution in [0.1, 0.15) is 30.5 Å². The molecule has 0 aliphatic rings. The first kappa shape index (κ1) is 14.8. The van der Waals surface area contributed by atoms with E-state index in [9.17, 15) is 0 Å². The molecule has 2 rings (SSSR count). The van der Waals surface area contributed by atoms with Crippen LogP contribution in [0.4, 0.5) is 0 Å². The number of benzene rings is 1. The van der Waals surface area contributed by atoms with E-state index in [1.807, 2.05) is 24.3 Å². The molecule has 0 saturated carbocycles.